The Bertz CT molecular complexity index is 273. The van der Waals surface area contributed by atoms with E-state index in [1.807, 2.05) is 0 Å². The van der Waals surface area contributed by atoms with Gasteiger partial charge >= 0.3 is 29.6 Å². The molecule has 5 heteroatoms. The van der Waals surface area contributed by atoms with Crippen LogP contribution in [0.15, 0.2) is 11.5 Å². The summed E-state index contributed by atoms with van der Waals surface area (Å²) in [7, 11) is -4.16. The van der Waals surface area contributed by atoms with E-state index < -0.39 is 10.1 Å². The smallest absolute Gasteiger partial charge is 0.744 e. The Morgan fingerprint density at radius 2 is 1.41 bits per heavy atom. The van der Waals surface area contributed by atoms with Crippen LogP contribution in [0.5, 0.6) is 0 Å². The summed E-state index contributed by atoms with van der Waals surface area (Å²) < 4.78 is 30.7. The van der Waals surface area contributed by atoms with Crippen molar-refractivity contribution in [1.29, 1.82) is 0 Å². The predicted molar refractivity (Wildman–Crippen MR) is 66.1 cm³/mol. The van der Waals surface area contributed by atoms with Gasteiger partial charge in [0.25, 0.3) is 0 Å². The molecule has 0 fully saturated rings. The maximum atomic E-state index is 10.2. The zero-order valence-electron chi connectivity index (χ0n) is 11.2. The van der Waals surface area contributed by atoms with Crippen molar-refractivity contribution < 1.29 is 42.5 Å². The molecule has 0 amide bonds. The summed E-state index contributed by atoms with van der Waals surface area (Å²) in [4.78, 5) is 0. The molecule has 0 bridgehead atoms. The fourth-order valence-electron chi connectivity index (χ4n) is 1.58. The third kappa shape index (κ3) is 19.2. The van der Waals surface area contributed by atoms with E-state index in [9.17, 15) is 13.0 Å². The number of allylic oxidation sites excluding steroid dienone is 1. The van der Waals surface area contributed by atoms with Crippen molar-refractivity contribution in [1.82, 2.24) is 0 Å². The Morgan fingerprint density at radius 3 is 1.88 bits per heavy atom. The fraction of sp³-hybridized carbons (Fsp3) is 0.833. The fourth-order valence-corrected chi connectivity index (χ4v) is 1.95. The van der Waals surface area contributed by atoms with Crippen LogP contribution in [0.4, 0.5) is 0 Å². The van der Waals surface area contributed by atoms with Gasteiger partial charge in [0.15, 0.2) is 0 Å². The van der Waals surface area contributed by atoms with Crippen molar-refractivity contribution in [2.24, 2.45) is 0 Å². The van der Waals surface area contributed by atoms with E-state index in [-0.39, 0.29) is 29.6 Å². The second kappa shape index (κ2) is 13.1. The van der Waals surface area contributed by atoms with Crippen LogP contribution in [0.1, 0.15) is 64.7 Å². The van der Waals surface area contributed by atoms with Gasteiger partial charge in [-0.1, -0.05) is 57.9 Å². The molecule has 0 atom stereocenters. The van der Waals surface area contributed by atoms with Gasteiger partial charge in [0, 0.05) is 5.41 Å². The second-order valence-corrected chi connectivity index (χ2v) is 5.39. The molecule has 0 aromatic rings. The molecule has 0 radical (unpaired) electrons. The molecule has 3 nitrogen and oxygen atoms in total. The van der Waals surface area contributed by atoms with E-state index in [1.165, 1.54) is 44.6 Å². The average Bonchev–Trinajstić information content (AvgIpc) is 2.19. The molecule has 0 heterocycles. The first-order chi connectivity index (χ1) is 7.56. The molecule has 0 N–H and O–H groups in total. The molecule has 0 aromatic heterocycles. The van der Waals surface area contributed by atoms with Crippen LogP contribution in [-0.4, -0.2) is 13.0 Å². The van der Waals surface area contributed by atoms with E-state index in [0.717, 1.165) is 18.2 Å². The number of hydrogen-bond acceptors (Lipinski definition) is 3. The van der Waals surface area contributed by atoms with Crippen molar-refractivity contribution in [3.63, 3.8) is 0 Å². The molecule has 0 saturated heterocycles. The van der Waals surface area contributed by atoms with Crippen LogP contribution in [0, 0.1) is 0 Å². The van der Waals surface area contributed by atoms with Gasteiger partial charge in [-0.15, -0.1) is 0 Å². The maximum Gasteiger partial charge on any atom is 1.00 e. The normalized spacial score (nSPS) is 11.6. The Morgan fingerprint density at radius 1 is 0.941 bits per heavy atom. The quantitative estimate of drug-likeness (QED) is 0.331. The van der Waals surface area contributed by atoms with Gasteiger partial charge in [0.2, 0.25) is 0 Å². The van der Waals surface area contributed by atoms with Crippen LogP contribution < -0.4 is 29.6 Å². The van der Waals surface area contributed by atoms with E-state index in [4.69, 9.17) is 0 Å². The maximum absolute atomic E-state index is 10.2. The Balaban J connectivity index is 0. The Labute approximate surface area is 128 Å². The van der Waals surface area contributed by atoms with E-state index in [2.05, 4.69) is 6.92 Å². The summed E-state index contributed by atoms with van der Waals surface area (Å²) in [6.07, 6.45) is 11.9. The first-order valence-corrected chi connectivity index (χ1v) is 7.66. The molecule has 0 aromatic carbocycles. The summed E-state index contributed by atoms with van der Waals surface area (Å²) in [5.74, 6) is 0. The van der Waals surface area contributed by atoms with Crippen LogP contribution in [0.25, 0.3) is 0 Å². The van der Waals surface area contributed by atoms with Crippen LogP contribution in [0.2, 0.25) is 0 Å². The van der Waals surface area contributed by atoms with Gasteiger partial charge in [-0.3, -0.25) is 0 Å². The van der Waals surface area contributed by atoms with Crippen molar-refractivity contribution in [3.05, 3.63) is 11.5 Å². The molecular weight excluding hydrogens is 247 g/mol. The summed E-state index contributed by atoms with van der Waals surface area (Å²) in [6.45, 7) is 2.20. The monoisotopic (exact) mass is 270 g/mol. The largest absolute Gasteiger partial charge is 1.00 e. The number of rotatable bonds is 10. The van der Waals surface area contributed by atoms with E-state index in [0.29, 0.717) is 6.42 Å². The molecule has 17 heavy (non-hydrogen) atoms. The van der Waals surface area contributed by atoms with Crippen molar-refractivity contribution in [2.45, 2.75) is 64.7 Å². The van der Waals surface area contributed by atoms with Crippen LogP contribution in [0.3, 0.4) is 0 Å². The SMILES string of the molecule is CCCCCCCCCC/C=C/S(=O)(=O)[O-].[Na+]. The van der Waals surface area contributed by atoms with Crippen LogP contribution >= 0.6 is 0 Å². The third-order valence-corrected chi connectivity index (χ3v) is 3.01. The predicted octanol–water partition coefficient (Wildman–Crippen LogP) is 0.580. The standard InChI is InChI=1S/C12H24O3S.Na/c1-2-3-4-5-6-7-8-9-10-11-12-16(13,14)15;/h11-12H,2-10H2,1H3,(H,13,14,15);/q;+1/p-1/b12-11+;. The van der Waals surface area contributed by atoms with Crippen molar-refractivity contribution in [2.75, 3.05) is 0 Å². The zero-order valence-corrected chi connectivity index (χ0v) is 14.0. The molecule has 0 saturated carbocycles. The van der Waals surface area contributed by atoms with Gasteiger partial charge in [0.1, 0.15) is 10.1 Å². The first-order valence-electron chi connectivity index (χ1n) is 6.18. The topological polar surface area (TPSA) is 57.2 Å². The minimum absolute atomic E-state index is 0. The molecule has 0 unspecified atom stereocenters. The van der Waals surface area contributed by atoms with Gasteiger partial charge in [0.05, 0.1) is 0 Å². The van der Waals surface area contributed by atoms with Crippen molar-refractivity contribution >= 4 is 10.1 Å². The summed E-state index contributed by atoms with van der Waals surface area (Å²) in [5, 5.41) is 0.758. The summed E-state index contributed by atoms with van der Waals surface area (Å²) >= 11 is 0. The molecule has 0 aliphatic carbocycles. The second-order valence-electron chi connectivity index (χ2n) is 4.13. The molecule has 96 valence electrons. The van der Waals surface area contributed by atoms with E-state index in [1.54, 1.807) is 0 Å². The molecule has 0 spiro atoms. The minimum Gasteiger partial charge on any atom is -0.744 e. The zero-order chi connectivity index (χ0) is 12.3. The molecular formula is C12H23NaO3S. The Kier molecular flexibility index (Phi) is 15.4. The Hall–Kier alpha value is 0.650. The third-order valence-electron chi connectivity index (χ3n) is 2.49. The summed E-state index contributed by atoms with van der Waals surface area (Å²) in [6, 6.07) is 0. The summed E-state index contributed by atoms with van der Waals surface area (Å²) in [5.41, 5.74) is 0. The van der Waals surface area contributed by atoms with Gasteiger partial charge in [-0.05, 0) is 12.8 Å². The van der Waals surface area contributed by atoms with E-state index >= 15 is 0 Å². The minimum atomic E-state index is -4.16. The molecule has 0 rings (SSSR count). The van der Waals surface area contributed by atoms with Gasteiger partial charge < -0.3 is 4.55 Å². The molecule has 0 aliphatic rings. The number of unbranched alkanes of at least 4 members (excludes halogenated alkanes) is 8. The van der Waals surface area contributed by atoms with Gasteiger partial charge in [-0.25, -0.2) is 8.42 Å². The van der Waals surface area contributed by atoms with Crippen LogP contribution in [-0.2, 0) is 10.1 Å². The molecule has 0 aliphatic heterocycles. The number of hydrogen-bond donors (Lipinski definition) is 0. The first kappa shape index (κ1) is 20.0. The average molecular weight is 270 g/mol. The van der Waals surface area contributed by atoms with Crippen molar-refractivity contribution in [3.8, 4) is 0 Å². The van der Waals surface area contributed by atoms with Gasteiger partial charge in [-0.2, -0.15) is 0 Å².